The molecule has 4 N–H and O–H groups in total. The zero-order valence-corrected chi connectivity index (χ0v) is 10.9. The highest BCUT2D eigenvalue weighted by Gasteiger charge is 2.11. The van der Waals surface area contributed by atoms with Gasteiger partial charge in [-0.1, -0.05) is 0 Å². The summed E-state index contributed by atoms with van der Waals surface area (Å²) in [6.07, 6.45) is 5.56. The Morgan fingerprint density at radius 3 is 2.89 bits per heavy atom. The van der Waals surface area contributed by atoms with E-state index in [1.54, 1.807) is 0 Å². The molecule has 0 spiro atoms. The van der Waals surface area contributed by atoms with Crippen LogP contribution < -0.4 is 11.1 Å². The maximum atomic E-state index is 7.27. The van der Waals surface area contributed by atoms with Gasteiger partial charge in [-0.15, -0.1) is 0 Å². The summed E-state index contributed by atoms with van der Waals surface area (Å²) >= 11 is 0. The largest absolute Gasteiger partial charge is 0.370 e. The van der Waals surface area contributed by atoms with Crippen molar-refractivity contribution in [2.24, 2.45) is 5.73 Å². The number of pyridine rings is 1. The number of aromatic nitrogens is 1. The maximum absolute atomic E-state index is 7.27. The van der Waals surface area contributed by atoms with Gasteiger partial charge in [0.05, 0.1) is 11.4 Å². The molecule has 18 heavy (non-hydrogen) atoms. The molecule has 0 aromatic carbocycles. The molecule has 5 heteroatoms. The van der Waals surface area contributed by atoms with Crippen LogP contribution in [-0.4, -0.2) is 35.5 Å². The Labute approximate surface area is 108 Å². The molecule has 0 atom stereocenters. The number of nitrogens with zero attached hydrogens (tertiary/aromatic N) is 2. The lowest BCUT2D eigenvalue weighted by Crippen LogP contribution is -2.23. The van der Waals surface area contributed by atoms with Gasteiger partial charge in [0.15, 0.2) is 5.96 Å². The van der Waals surface area contributed by atoms with E-state index < -0.39 is 0 Å². The van der Waals surface area contributed by atoms with Crippen LogP contribution in [0, 0.1) is 12.3 Å². The smallest absolute Gasteiger partial charge is 0.190 e. The Hall–Kier alpha value is -1.62. The number of nitrogens with one attached hydrogen (secondary N) is 2. The molecule has 2 heterocycles. The highest BCUT2D eigenvalue weighted by molar-refractivity contribution is 5.90. The molecule has 1 aliphatic heterocycles. The van der Waals surface area contributed by atoms with Crippen molar-refractivity contribution in [3.05, 3.63) is 23.5 Å². The number of hydrogen-bond donors (Lipinski definition) is 3. The summed E-state index contributed by atoms with van der Waals surface area (Å²) in [6, 6.07) is 2.04. The van der Waals surface area contributed by atoms with E-state index in [0.717, 1.165) is 24.3 Å². The van der Waals surface area contributed by atoms with Crippen molar-refractivity contribution < 1.29 is 0 Å². The predicted octanol–water partition coefficient (Wildman–Crippen LogP) is 1.33. The van der Waals surface area contributed by atoms with Gasteiger partial charge in [0.25, 0.3) is 0 Å². The molecule has 0 aliphatic carbocycles. The van der Waals surface area contributed by atoms with Crippen LogP contribution in [0.3, 0.4) is 0 Å². The first kappa shape index (κ1) is 12.8. The van der Waals surface area contributed by atoms with Gasteiger partial charge >= 0.3 is 0 Å². The van der Waals surface area contributed by atoms with Gasteiger partial charge in [-0.3, -0.25) is 10.4 Å². The van der Waals surface area contributed by atoms with E-state index in [0.29, 0.717) is 0 Å². The van der Waals surface area contributed by atoms with Crippen LogP contribution in [0.1, 0.15) is 24.1 Å². The lowest BCUT2D eigenvalue weighted by molar-refractivity contribution is 0.343. The van der Waals surface area contributed by atoms with Crippen LogP contribution >= 0.6 is 0 Å². The van der Waals surface area contributed by atoms with Crippen LogP contribution in [0.4, 0.5) is 5.69 Å². The third kappa shape index (κ3) is 3.43. The van der Waals surface area contributed by atoms with Gasteiger partial charge in [0.1, 0.15) is 0 Å². The number of aryl methyl sites for hydroxylation is 1. The number of anilines is 1. The second-order valence-electron chi connectivity index (χ2n) is 4.81. The Morgan fingerprint density at radius 1 is 1.50 bits per heavy atom. The van der Waals surface area contributed by atoms with E-state index in [9.17, 15) is 0 Å². The van der Waals surface area contributed by atoms with Gasteiger partial charge in [-0.25, -0.2) is 0 Å². The number of hydrogen-bond acceptors (Lipinski definition) is 3. The van der Waals surface area contributed by atoms with E-state index in [-0.39, 0.29) is 5.96 Å². The molecule has 1 fully saturated rings. The van der Waals surface area contributed by atoms with Crippen LogP contribution in [0.2, 0.25) is 0 Å². The van der Waals surface area contributed by atoms with Gasteiger partial charge in [-0.05, 0) is 50.9 Å². The summed E-state index contributed by atoms with van der Waals surface area (Å²) in [5.41, 5.74) is 8.25. The SMILES string of the molecule is Cc1ncc(CCN2CCCC2)cc1NC(=N)N. The molecule has 98 valence electrons. The summed E-state index contributed by atoms with van der Waals surface area (Å²) in [4.78, 5) is 6.83. The number of rotatable bonds is 4. The summed E-state index contributed by atoms with van der Waals surface area (Å²) in [5.74, 6) is -0.0448. The fourth-order valence-corrected chi connectivity index (χ4v) is 2.28. The summed E-state index contributed by atoms with van der Waals surface area (Å²) in [6.45, 7) is 5.44. The standard InChI is InChI=1S/C13H21N5/c1-10-12(17-13(14)15)8-11(9-16-10)4-7-18-5-2-3-6-18/h8-9H,2-7H2,1H3,(H4,14,15,17). The minimum absolute atomic E-state index is 0.0448. The van der Waals surface area contributed by atoms with E-state index in [4.69, 9.17) is 11.1 Å². The zero-order chi connectivity index (χ0) is 13.0. The highest BCUT2D eigenvalue weighted by atomic mass is 15.1. The molecule has 1 aliphatic rings. The van der Waals surface area contributed by atoms with Crippen LogP contribution in [0.25, 0.3) is 0 Å². The van der Waals surface area contributed by atoms with Crippen molar-refractivity contribution in [2.75, 3.05) is 25.0 Å². The Balaban J connectivity index is 1.97. The molecule has 0 saturated carbocycles. The van der Waals surface area contributed by atoms with E-state index >= 15 is 0 Å². The summed E-state index contributed by atoms with van der Waals surface area (Å²) in [7, 11) is 0. The van der Waals surface area contributed by atoms with E-state index in [1.165, 1.54) is 31.5 Å². The number of likely N-dealkylation sites (tertiary alicyclic amines) is 1. The lowest BCUT2D eigenvalue weighted by Gasteiger charge is -2.15. The average Bonchev–Trinajstić information content (AvgIpc) is 2.82. The average molecular weight is 247 g/mol. The van der Waals surface area contributed by atoms with Crippen LogP contribution in [0.15, 0.2) is 12.3 Å². The molecular weight excluding hydrogens is 226 g/mol. The molecular formula is C13H21N5. The quantitative estimate of drug-likeness (QED) is 0.554. The third-order valence-electron chi connectivity index (χ3n) is 3.33. The lowest BCUT2D eigenvalue weighted by atomic mass is 10.1. The molecule has 0 unspecified atom stereocenters. The van der Waals surface area contributed by atoms with Crippen molar-refractivity contribution >= 4 is 11.6 Å². The van der Waals surface area contributed by atoms with Crippen molar-refractivity contribution in [3.63, 3.8) is 0 Å². The van der Waals surface area contributed by atoms with Crippen LogP contribution in [-0.2, 0) is 6.42 Å². The first-order chi connectivity index (χ1) is 8.65. The molecule has 0 amide bonds. The zero-order valence-electron chi connectivity index (χ0n) is 10.9. The van der Waals surface area contributed by atoms with Gasteiger partial charge in [-0.2, -0.15) is 0 Å². The predicted molar refractivity (Wildman–Crippen MR) is 73.9 cm³/mol. The second-order valence-corrected chi connectivity index (χ2v) is 4.81. The number of nitrogens with two attached hydrogens (primary N) is 1. The first-order valence-electron chi connectivity index (χ1n) is 6.44. The minimum Gasteiger partial charge on any atom is -0.370 e. The van der Waals surface area contributed by atoms with Crippen molar-refractivity contribution in [3.8, 4) is 0 Å². The van der Waals surface area contributed by atoms with Crippen molar-refractivity contribution in [1.29, 1.82) is 5.41 Å². The summed E-state index contributed by atoms with van der Waals surface area (Å²) in [5, 5.41) is 10.1. The fourth-order valence-electron chi connectivity index (χ4n) is 2.28. The molecule has 0 radical (unpaired) electrons. The third-order valence-corrected chi connectivity index (χ3v) is 3.33. The van der Waals surface area contributed by atoms with Crippen molar-refractivity contribution in [1.82, 2.24) is 9.88 Å². The topological polar surface area (TPSA) is 78.0 Å². The first-order valence-corrected chi connectivity index (χ1v) is 6.44. The molecule has 2 rings (SSSR count). The van der Waals surface area contributed by atoms with Crippen LogP contribution in [0.5, 0.6) is 0 Å². The maximum Gasteiger partial charge on any atom is 0.190 e. The fraction of sp³-hybridized carbons (Fsp3) is 0.538. The molecule has 1 aromatic heterocycles. The normalized spacial score (nSPS) is 15.8. The Kier molecular flexibility index (Phi) is 4.15. The minimum atomic E-state index is -0.0448. The Morgan fingerprint density at radius 2 is 2.22 bits per heavy atom. The monoisotopic (exact) mass is 247 g/mol. The Bertz CT molecular complexity index is 423. The second kappa shape index (κ2) is 5.82. The van der Waals surface area contributed by atoms with Gasteiger partial charge in [0.2, 0.25) is 0 Å². The van der Waals surface area contributed by atoms with Crippen molar-refractivity contribution in [2.45, 2.75) is 26.2 Å². The molecule has 5 nitrogen and oxygen atoms in total. The number of guanidine groups is 1. The van der Waals surface area contributed by atoms with E-state index in [1.807, 2.05) is 19.2 Å². The highest BCUT2D eigenvalue weighted by Crippen LogP contribution is 2.15. The summed E-state index contributed by atoms with van der Waals surface area (Å²) < 4.78 is 0. The van der Waals surface area contributed by atoms with E-state index in [2.05, 4.69) is 15.2 Å². The van der Waals surface area contributed by atoms with Gasteiger partial charge in [0, 0.05) is 12.7 Å². The van der Waals surface area contributed by atoms with Gasteiger partial charge < -0.3 is 16.0 Å². The molecule has 0 bridgehead atoms. The molecule has 1 saturated heterocycles. The molecule has 1 aromatic rings.